The maximum atomic E-state index is 14.1. The van der Waals surface area contributed by atoms with E-state index in [0.717, 1.165) is 12.1 Å². The fourth-order valence-corrected chi connectivity index (χ4v) is 6.32. The molecule has 2 fully saturated rings. The second kappa shape index (κ2) is 9.70. The predicted octanol–water partition coefficient (Wildman–Crippen LogP) is 0.852. The van der Waals surface area contributed by atoms with Gasteiger partial charge in [-0.15, -0.1) is 0 Å². The highest BCUT2D eigenvalue weighted by Gasteiger charge is 2.35. The van der Waals surface area contributed by atoms with E-state index in [1.165, 1.54) is 16.6 Å². The third-order valence-electron chi connectivity index (χ3n) is 6.42. The minimum absolute atomic E-state index is 0.00572. The number of ether oxygens (including phenoxy) is 1. The van der Waals surface area contributed by atoms with E-state index in [9.17, 15) is 26.4 Å². The first-order valence-electron chi connectivity index (χ1n) is 11.1. The number of piperidine rings is 1. The summed E-state index contributed by atoms with van der Waals surface area (Å²) in [6.45, 7) is 0.489. The molecule has 0 spiro atoms. The fourth-order valence-electron chi connectivity index (χ4n) is 4.59. The van der Waals surface area contributed by atoms with Gasteiger partial charge in [-0.1, -0.05) is 0 Å². The van der Waals surface area contributed by atoms with Crippen LogP contribution in [0.5, 0.6) is 0 Å². The van der Waals surface area contributed by atoms with Crippen molar-refractivity contribution >= 4 is 32.7 Å². The van der Waals surface area contributed by atoms with Gasteiger partial charge in [-0.25, -0.2) is 26.6 Å². The number of sulfone groups is 1. The fraction of sp³-hybridized carbons (Fsp3) is 0.619. The van der Waals surface area contributed by atoms with Crippen molar-refractivity contribution in [1.82, 2.24) is 14.5 Å². The maximum Gasteiger partial charge on any atom is 0.243 e. The molecule has 1 unspecified atom stereocenters. The van der Waals surface area contributed by atoms with Gasteiger partial charge in [0.2, 0.25) is 11.9 Å². The molecule has 2 aromatic rings. The summed E-state index contributed by atoms with van der Waals surface area (Å²) in [6, 6.07) is 0.641. The van der Waals surface area contributed by atoms with Gasteiger partial charge in [0.1, 0.15) is 12.7 Å². The smallest absolute Gasteiger partial charge is 0.243 e. The van der Waals surface area contributed by atoms with E-state index in [1.54, 1.807) is 4.90 Å². The van der Waals surface area contributed by atoms with Crippen LogP contribution in [0.3, 0.4) is 0 Å². The molecule has 1 aromatic heterocycles. The van der Waals surface area contributed by atoms with Crippen molar-refractivity contribution in [2.24, 2.45) is 5.73 Å². The Bertz CT molecular complexity index is 1170. The number of carbonyl (C=O) groups is 1. The second-order valence-electron chi connectivity index (χ2n) is 8.80. The molecule has 1 aromatic carbocycles. The molecule has 0 bridgehead atoms. The lowest BCUT2D eigenvalue weighted by atomic mass is 10.1. The Hall–Kier alpha value is -2.38. The van der Waals surface area contributed by atoms with E-state index < -0.39 is 45.6 Å². The van der Waals surface area contributed by atoms with Crippen LogP contribution in [0.25, 0.3) is 11.0 Å². The van der Waals surface area contributed by atoms with Crippen molar-refractivity contribution in [2.75, 3.05) is 49.8 Å². The van der Waals surface area contributed by atoms with Crippen molar-refractivity contribution in [1.29, 1.82) is 0 Å². The number of carbonyl (C=O) groups excluding carboxylic acids is 1. The summed E-state index contributed by atoms with van der Waals surface area (Å²) in [5, 5.41) is 0. The lowest BCUT2D eigenvalue weighted by Crippen LogP contribution is -2.50. The van der Waals surface area contributed by atoms with Crippen LogP contribution in [0.1, 0.15) is 12.8 Å². The van der Waals surface area contributed by atoms with Crippen molar-refractivity contribution in [3.05, 3.63) is 23.8 Å². The number of amides is 1. The van der Waals surface area contributed by atoms with Crippen LogP contribution in [0.2, 0.25) is 0 Å². The normalized spacial score (nSPS) is 24.6. The summed E-state index contributed by atoms with van der Waals surface area (Å²) in [4.78, 5) is 21.0. The molecule has 13 heteroatoms. The average Bonchev–Trinajstić information content (AvgIpc) is 3.30. The molecular formula is C21H28F3N5O4S. The molecule has 1 amide bonds. The summed E-state index contributed by atoms with van der Waals surface area (Å²) in [7, 11) is -1.77. The first kappa shape index (κ1) is 24.7. The average molecular weight is 504 g/mol. The minimum atomic E-state index is -3.25. The molecule has 4 rings (SSSR count). The molecule has 9 nitrogen and oxygen atoms in total. The van der Waals surface area contributed by atoms with E-state index >= 15 is 0 Å². The molecule has 34 heavy (non-hydrogen) atoms. The lowest BCUT2D eigenvalue weighted by Gasteiger charge is -2.34. The largest absolute Gasteiger partial charge is 0.383 e. The van der Waals surface area contributed by atoms with E-state index in [2.05, 4.69) is 4.98 Å². The number of benzene rings is 1. The predicted molar refractivity (Wildman–Crippen MR) is 120 cm³/mol. The summed E-state index contributed by atoms with van der Waals surface area (Å²) in [5.41, 5.74) is 6.23. The van der Waals surface area contributed by atoms with Crippen LogP contribution in [0.15, 0.2) is 12.1 Å². The van der Waals surface area contributed by atoms with Crippen LogP contribution in [0, 0.1) is 11.6 Å². The zero-order valence-electron chi connectivity index (χ0n) is 18.8. The number of aromatic nitrogens is 2. The number of anilines is 1. The molecule has 0 saturated carbocycles. The molecule has 2 N–H and O–H groups in total. The Morgan fingerprint density at radius 2 is 2.03 bits per heavy atom. The van der Waals surface area contributed by atoms with E-state index in [4.69, 9.17) is 10.5 Å². The van der Waals surface area contributed by atoms with Gasteiger partial charge in [-0.05, 0) is 12.8 Å². The molecule has 2 aliphatic heterocycles. The number of alkyl halides is 1. The number of halogens is 3. The number of fused-ring (bicyclic) bond motifs is 1. The summed E-state index contributed by atoms with van der Waals surface area (Å²) < 4.78 is 72.5. The molecule has 3 atom stereocenters. The van der Waals surface area contributed by atoms with Gasteiger partial charge in [0.25, 0.3) is 0 Å². The van der Waals surface area contributed by atoms with Gasteiger partial charge in [-0.3, -0.25) is 4.79 Å². The van der Waals surface area contributed by atoms with Gasteiger partial charge in [0, 0.05) is 44.9 Å². The van der Waals surface area contributed by atoms with Crippen molar-refractivity contribution < 1.29 is 31.1 Å². The van der Waals surface area contributed by atoms with Crippen LogP contribution < -0.4 is 10.6 Å². The van der Waals surface area contributed by atoms with E-state index in [0.29, 0.717) is 6.42 Å². The maximum absolute atomic E-state index is 14.1. The first-order valence-corrected chi connectivity index (χ1v) is 12.9. The molecule has 188 valence electrons. The Balaban J connectivity index is 1.69. The first-order chi connectivity index (χ1) is 16.1. The number of methoxy groups -OCH3 is 1. The molecule has 2 saturated heterocycles. The number of hydrogen-bond donors (Lipinski definition) is 1. The van der Waals surface area contributed by atoms with Crippen molar-refractivity contribution in [3.63, 3.8) is 0 Å². The van der Waals surface area contributed by atoms with Gasteiger partial charge >= 0.3 is 0 Å². The number of rotatable bonds is 7. The Labute approximate surface area is 195 Å². The minimum Gasteiger partial charge on any atom is -0.383 e. The zero-order valence-corrected chi connectivity index (χ0v) is 19.6. The van der Waals surface area contributed by atoms with Gasteiger partial charge < -0.3 is 24.8 Å². The summed E-state index contributed by atoms with van der Waals surface area (Å²) >= 11 is 0. The number of nitrogens with zero attached hydrogens (tertiary/aromatic N) is 4. The zero-order chi connectivity index (χ0) is 24.6. The Morgan fingerprint density at radius 3 is 2.68 bits per heavy atom. The third kappa shape index (κ3) is 5.01. The lowest BCUT2D eigenvalue weighted by molar-refractivity contribution is -0.134. The molecule has 3 heterocycles. The van der Waals surface area contributed by atoms with Gasteiger partial charge in [0.15, 0.2) is 21.5 Å². The number of hydrogen-bond acceptors (Lipinski definition) is 7. The van der Waals surface area contributed by atoms with Crippen LogP contribution in [-0.2, 0) is 25.9 Å². The van der Waals surface area contributed by atoms with Gasteiger partial charge in [0.05, 0.1) is 35.2 Å². The molecule has 0 radical (unpaired) electrons. The highest BCUT2D eigenvalue weighted by atomic mass is 32.2. The Morgan fingerprint density at radius 1 is 1.29 bits per heavy atom. The van der Waals surface area contributed by atoms with Gasteiger partial charge in [-0.2, -0.15) is 0 Å². The number of nitrogens with two attached hydrogens (primary N) is 1. The van der Waals surface area contributed by atoms with E-state index in [1.807, 2.05) is 0 Å². The number of imidazole rings is 1. The molecule has 2 aliphatic rings. The van der Waals surface area contributed by atoms with E-state index in [-0.39, 0.29) is 67.7 Å². The van der Waals surface area contributed by atoms with Crippen molar-refractivity contribution in [3.8, 4) is 0 Å². The van der Waals surface area contributed by atoms with Crippen LogP contribution in [-0.4, -0.2) is 91.9 Å². The summed E-state index contributed by atoms with van der Waals surface area (Å²) in [5.74, 6) is -2.47. The topological polar surface area (TPSA) is 111 Å². The third-order valence-corrected chi connectivity index (χ3v) is 8.17. The summed E-state index contributed by atoms with van der Waals surface area (Å²) in [6.07, 6.45) is -0.714. The SMILES string of the molecule is COCCN(C(=O)Cn1c(N2CC[C@@H](F)[C@H](N)C2)nc2cc(F)c(F)cc21)C1CCS(=O)(=O)C1. The van der Waals surface area contributed by atoms with Crippen LogP contribution >= 0.6 is 0 Å². The van der Waals surface area contributed by atoms with Crippen molar-refractivity contribution in [2.45, 2.75) is 37.6 Å². The standard InChI is InChI=1S/C21H28F3N5O4S/c1-33-6-5-28(13-3-7-34(31,32)12-13)20(30)11-29-19-9-16(24)15(23)8-18(19)26-21(29)27-4-2-14(22)17(25)10-27/h8-9,13-14,17H,2-7,10-12,25H2,1H3/t13?,14-,17-/m1/s1. The molecular weight excluding hydrogens is 475 g/mol. The second-order valence-corrected chi connectivity index (χ2v) is 11.0. The highest BCUT2D eigenvalue weighted by molar-refractivity contribution is 7.91. The quantitative estimate of drug-likeness (QED) is 0.597. The highest BCUT2D eigenvalue weighted by Crippen LogP contribution is 2.28. The van der Waals surface area contributed by atoms with Crippen LogP contribution in [0.4, 0.5) is 19.1 Å². The monoisotopic (exact) mass is 503 g/mol. The Kier molecular flexibility index (Phi) is 7.06. The molecule has 0 aliphatic carbocycles.